The molecular formula is C23H33NO2. The number of phenols is 1. The fraction of sp³-hybridized carbons (Fsp3) is 0.565. The second-order valence-corrected chi connectivity index (χ2v) is 6.88. The molecule has 0 radical (unpaired) electrons. The average Bonchev–Trinajstić information content (AvgIpc) is 2.65. The number of nitrogens with zero attached hydrogens (tertiary/aromatic N) is 1. The first-order chi connectivity index (χ1) is 12.7. The molecule has 0 aliphatic carbocycles. The Morgan fingerprint density at radius 2 is 1.62 bits per heavy atom. The van der Waals surface area contributed by atoms with Gasteiger partial charge < -0.3 is 5.11 Å². The number of hydrogen-bond acceptors (Lipinski definition) is 3. The predicted molar refractivity (Wildman–Crippen MR) is 107 cm³/mol. The number of hydrogen-bond donors (Lipinski definition) is 1. The number of aryl methyl sites for hydroxylation is 1. The first-order valence-corrected chi connectivity index (χ1v) is 10.1. The van der Waals surface area contributed by atoms with Crippen molar-refractivity contribution in [1.82, 2.24) is 0 Å². The van der Waals surface area contributed by atoms with Crippen LogP contribution >= 0.6 is 0 Å². The van der Waals surface area contributed by atoms with Crippen molar-refractivity contribution in [3.05, 3.63) is 41.5 Å². The van der Waals surface area contributed by atoms with Crippen molar-refractivity contribution in [1.29, 1.82) is 5.26 Å². The maximum absolute atomic E-state index is 11.7. The summed E-state index contributed by atoms with van der Waals surface area (Å²) in [5.74, 6) is -0.741. The predicted octanol–water partition coefficient (Wildman–Crippen LogP) is 6.51. The summed E-state index contributed by atoms with van der Waals surface area (Å²) in [6, 6.07) is 6.63. The van der Waals surface area contributed by atoms with Gasteiger partial charge in [-0.15, -0.1) is 0 Å². The Morgan fingerprint density at radius 3 is 2.27 bits per heavy atom. The van der Waals surface area contributed by atoms with Crippen molar-refractivity contribution in [2.45, 2.75) is 84.0 Å². The molecule has 0 fully saturated rings. The van der Waals surface area contributed by atoms with Gasteiger partial charge in [0.15, 0.2) is 0 Å². The first-order valence-electron chi connectivity index (χ1n) is 10.1. The van der Waals surface area contributed by atoms with Crippen molar-refractivity contribution in [3.8, 4) is 11.8 Å². The summed E-state index contributed by atoms with van der Waals surface area (Å²) >= 11 is 0. The van der Waals surface area contributed by atoms with Crippen molar-refractivity contribution in [3.63, 3.8) is 0 Å². The van der Waals surface area contributed by atoms with Crippen LogP contribution in [0.2, 0.25) is 0 Å². The molecule has 0 saturated carbocycles. The zero-order chi connectivity index (χ0) is 19.0. The number of nitriles is 1. The molecule has 1 aromatic carbocycles. The van der Waals surface area contributed by atoms with Gasteiger partial charge in [0.2, 0.25) is 0 Å². The van der Waals surface area contributed by atoms with Crippen LogP contribution < -0.4 is 0 Å². The van der Waals surface area contributed by atoms with Crippen LogP contribution in [0.3, 0.4) is 0 Å². The van der Waals surface area contributed by atoms with E-state index in [1.807, 2.05) is 6.07 Å². The van der Waals surface area contributed by atoms with E-state index >= 15 is 0 Å². The Morgan fingerprint density at radius 1 is 1.00 bits per heavy atom. The maximum Gasteiger partial charge on any atom is 0.266 e. The number of carbonyl (C=O) groups excluding carboxylic acids is 1. The number of Topliss-reactive ketones (excluding diaryl/α,β-unsaturated/α-hetero) is 1. The molecule has 0 saturated heterocycles. The molecule has 1 N–H and O–H groups in total. The minimum atomic E-state index is -0.653. The van der Waals surface area contributed by atoms with E-state index in [1.54, 1.807) is 12.1 Å². The van der Waals surface area contributed by atoms with Crippen LogP contribution in [0, 0.1) is 11.3 Å². The Kier molecular flexibility index (Phi) is 11.9. The lowest BCUT2D eigenvalue weighted by Gasteiger charge is -2.07. The highest BCUT2D eigenvalue weighted by atomic mass is 16.3. The van der Waals surface area contributed by atoms with Gasteiger partial charge in [-0.3, -0.25) is 4.79 Å². The van der Waals surface area contributed by atoms with E-state index in [0.29, 0.717) is 0 Å². The van der Waals surface area contributed by atoms with Crippen LogP contribution in [0.25, 0.3) is 0 Å². The van der Waals surface area contributed by atoms with E-state index in [4.69, 9.17) is 5.26 Å². The molecule has 142 valence electrons. The zero-order valence-electron chi connectivity index (χ0n) is 16.2. The second kappa shape index (κ2) is 14.1. The molecule has 0 aliphatic rings. The average molecular weight is 356 g/mol. The minimum Gasteiger partial charge on any atom is -0.507 e. The summed E-state index contributed by atoms with van der Waals surface area (Å²) in [6.45, 7) is 2.24. The Bertz CT molecular complexity index is 599. The van der Waals surface area contributed by atoms with Crippen molar-refractivity contribution < 1.29 is 9.90 Å². The molecule has 0 aromatic heterocycles. The van der Waals surface area contributed by atoms with E-state index in [2.05, 4.69) is 19.1 Å². The van der Waals surface area contributed by atoms with E-state index in [0.717, 1.165) is 24.8 Å². The molecular weight excluding hydrogens is 322 g/mol. The molecule has 0 bridgehead atoms. The summed E-state index contributed by atoms with van der Waals surface area (Å²) in [4.78, 5) is 11.7. The Balaban J connectivity index is 2.13. The van der Waals surface area contributed by atoms with Crippen LogP contribution in [-0.4, -0.2) is 10.9 Å². The van der Waals surface area contributed by atoms with Crippen molar-refractivity contribution in [2.24, 2.45) is 0 Å². The minimum absolute atomic E-state index is 0.0875. The van der Waals surface area contributed by atoms with E-state index < -0.39 is 5.78 Å². The number of ketones is 1. The summed E-state index contributed by atoms with van der Waals surface area (Å²) in [7, 11) is 0. The number of allylic oxidation sites excluding steroid dienone is 2. The van der Waals surface area contributed by atoms with Gasteiger partial charge in [-0.2, -0.15) is 5.26 Å². The van der Waals surface area contributed by atoms with Gasteiger partial charge in [0.1, 0.15) is 11.8 Å². The Labute approximate surface area is 158 Å². The van der Waals surface area contributed by atoms with Crippen LogP contribution in [0.5, 0.6) is 5.75 Å². The first kappa shape index (κ1) is 22.0. The third kappa shape index (κ3) is 8.85. The molecule has 3 nitrogen and oxygen atoms in total. The molecule has 0 amide bonds. The summed E-state index contributed by atoms with van der Waals surface area (Å²) in [5, 5.41) is 18.6. The van der Waals surface area contributed by atoms with Crippen LogP contribution in [0.4, 0.5) is 0 Å². The molecule has 0 aliphatic heterocycles. The van der Waals surface area contributed by atoms with E-state index in [1.165, 1.54) is 63.9 Å². The lowest BCUT2D eigenvalue weighted by molar-refractivity contribution is 0.105. The SMILES string of the molecule is CCCCCC/C=C\CCCCCCCc1cccc(O)c1C(=O)C#N. The third-order valence-corrected chi connectivity index (χ3v) is 4.67. The molecule has 0 unspecified atom stereocenters. The molecule has 3 heteroatoms. The molecule has 0 atom stereocenters. The number of unbranched alkanes of at least 4 members (excludes halogenated alkanes) is 9. The number of phenolic OH excluding ortho intramolecular Hbond substituents is 1. The summed E-state index contributed by atoms with van der Waals surface area (Å²) in [6.07, 6.45) is 18.8. The quantitative estimate of drug-likeness (QED) is 0.179. The Hall–Kier alpha value is -2.08. The fourth-order valence-electron chi connectivity index (χ4n) is 3.15. The molecule has 1 aromatic rings. The highest BCUT2D eigenvalue weighted by Gasteiger charge is 2.15. The standard InChI is InChI=1S/C23H33NO2/c1-2-3-4-5-6-7-8-9-10-11-12-13-14-16-20-17-15-18-21(25)23(20)22(26)19-24/h7-8,15,17-18,25H,2-6,9-14,16H2,1H3/b8-7-. The second-order valence-electron chi connectivity index (χ2n) is 6.88. The van der Waals surface area contributed by atoms with Crippen molar-refractivity contribution >= 4 is 5.78 Å². The molecule has 1 rings (SSSR count). The van der Waals surface area contributed by atoms with Gasteiger partial charge in [-0.05, 0) is 50.2 Å². The highest BCUT2D eigenvalue weighted by molar-refractivity contribution is 6.10. The highest BCUT2D eigenvalue weighted by Crippen LogP contribution is 2.23. The van der Waals surface area contributed by atoms with Gasteiger partial charge in [0.05, 0.1) is 5.56 Å². The monoisotopic (exact) mass is 355 g/mol. The van der Waals surface area contributed by atoms with Crippen molar-refractivity contribution in [2.75, 3.05) is 0 Å². The molecule has 0 spiro atoms. The molecule has 26 heavy (non-hydrogen) atoms. The van der Waals surface area contributed by atoms with Crippen LogP contribution in [-0.2, 0) is 6.42 Å². The van der Waals surface area contributed by atoms with Crippen LogP contribution in [0.1, 0.15) is 93.5 Å². The number of benzene rings is 1. The smallest absolute Gasteiger partial charge is 0.266 e. The number of aromatic hydroxyl groups is 1. The number of carbonyl (C=O) groups is 1. The van der Waals surface area contributed by atoms with Gasteiger partial charge in [0, 0.05) is 0 Å². The fourth-order valence-corrected chi connectivity index (χ4v) is 3.15. The molecule has 0 heterocycles. The number of rotatable bonds is 14. The lowest BCUT2D eigenvalue weighted by Crippen LogP contribution is -2.02. The third-order valence-electron chi connectivity index (χ3n) is 4.67. The maximum atomic E-state index is 11.7. The summed E-state index contributed by atoms with van der Waals surface area (Å²) < 4.78 is 0. The van der Waals surface area contributed by atoms with Gasteiger partial charge in [-0.25, -0.2) is 0 Å². The summed E-state index contributed by atoms with van der Waals surface area (Å²) in [5.41, 5.74) is 0.960. The topological polar surface area (TPSA) is 61.1 Å². The van der Waals surface area contributed by atoms with Gasteiger partial charge >= 0.3 is 0 Å². The van der Waals surface area contributed by atoms with Crippen LogP contribution in [0.15, 0.2) is 30.4 Å². The van der Waals surface area contributed by atoms with E-state index in [-0.39, 0.29) is 11.3 Å². The zero-order valence-corrected chi connectivity index (χ0v) is 16.2. The van der Waals surface area contributed by atoms with Gasteiger partial charge in [-0.1, -0.05) is 69.7 Å². The van der Waals surface area contributed by atoms with Gasteiger partial charge in [0.25, 0.3) is 5.78 Å². The largest absolute Gasteiger partial charge is 0.507 e. The lowest BCUT2D eigenvalue weighted by atomic mass is 9.97. The van der Waals surface area contributed by atoms with E-state index in [9.17, 15) is 9.90 Å². The normalized spacial score (nSPS) is 10.9.